The number of carboxylic acid groups (broad SMARTS) is 2. The predicted molar refractivity (Wildman–Crippen MR) is 63.3 cm³/mol. The van der Waals surface area contributed by atoms with Gasteiger partial charge in [-0.25, -0.2) is 4.79 Å². The summed E-state index contributed by atoms with van der Waals surface area (Å²) < 4.78 is 4.77. The first-order valence-corrected chi connectivity index (χ1v) is 4.01. The predicted octanol–water partition coefficient (Wildman–Crippen LogP) is -2.53. The molecule has 0 saturated carbocycles. The molecule has 0 aliphatic rings. The number of aliphatic carboxylic acids is 2. The van der Waals surface area contributed by atoms with Crippen LogP contribution in [0.5, 0.6) is 0 Å². The van der Waals surface area contributed by atoms with Gasteiger partial charge in [-0.05, 0) is 0 Å². The van der Waals surface area contributed by atoms with Crippen LogP contribution in [0.3, 0.4) is 0 Å². The van der Waals surface area contributed by atoms with Crippen LogP contribution in [-0.2, 0) is 14.3 Å². The summed E-state index contributed by atoms with van der Waals surface area (Å²) in [5.41, 5.74) is 2.29. The topological polar surface area (TPSA) is 130 Å². The fourth-order valence-electron chi connectivity index (χ4n) is 0.822. The van der Waals surface area contributed by atoms with E-state index in [4.69, 9.17) is 20.7 Å². The Hall–Kier alpha value is 0.560. The first-order chi connectivity index (χ1) is 6.82. The quantitative estimate of drug-likeness (QED) is 0.227. The van der Waals surface area contributed by atoms with Crippen LogP contribution < -0.4 is 5.73 Å². The van der Waals surface area contributed by atoms with Crippen molar-refractivity contribution < 1.29 is 29.6 Å². The summed E-state index contributed by atoms with van der Waals surface area (Å²) in [5, 5.41) is 26.3. The summed E-state index contributed by atoms with van der Waals surface area (Å²) >= 11 is 0. The van der Waals surface area contributed by atoms with Gasteiger partial charge in [-0.2, -0.15) is 0 Å². The van der Waals surface area contributed by atoms with Gasteiger partial charge in [0.2, 0.25) is 5.72 Å². The van der Waals surface area contributed by atoms with E-state index in [1.807, 2.05) is 0 Å². The Morgan fingerprint density at radius 1 is 1.41 bits per heavy atom. The van der Waals surface area contributed by atoms with E-state index in [0.29, 0.717) is 0 Å². The molecule has 0 amide bonds. The molecule has 9 heteroatoms. The van der Waals surface area contributed by atoms with Crippen LogP contribution in [0.25, 0.3) is 0 Å². The average molecular weight is 267 g/mol. The average Bonchev–Trinajstić information content (AvgIpc) is 2.11. The zero-order valence-electron chi connectivity index (χ0n) is 7.92. The molecule has 0 bridgehead atoms. The normalized spacial score (nSPS) is 14.5. The Kier molecular flexibility index (Phi) is 14.0. The second-order valence-electron chi connectivity index (χ2n) is 2.84. The van der Waals surface area contributed by atoms with Crippen LogP contribution in [0.15, 0.2) is 12.7 Å². The van der Waals surface area contributed by atoms with E-state index in [0.717, 1.165) is 0 Å². The van der Waals surface area contributed by atoms with Gasteiger partial charge in [0.05, 0.1) is 13.0 Å². The van der Waals surface area contributed by atoms with Crippen molar-refractivity contribution in [2.75, 3.05) is 6.61 Å². The molecule has 0 spiro atoms. The van der Waals surface area contributed by atoms with E-state index < -0.39 is 30.2 Å². The van der Waals surface area contributed by atoms with Gasteiger partial charge in [0, 0.05) is 0 Å². The van der Waals surface area contributed by atoms with Crippen LogP contribution >= 0.6 is 0 Å². The molecule has 0 rings (SSSR count). The van der Waals surface area contributed by atoms with Gasteiger partial charge < -0.3 is 20.1 Å². The molecule has 0 fully saturated rings. The first kappa shape index (κ1) is 22.7. The molecular formula is C8H15NNa2O6. The second kappa shape index (κ2) is 10.5. The minimum atomic E-state index is -2.73. The molecule has 0 heterocycles. The Balaban J connectivity index is -0.000000980. The van der Waals surface area contributed by atoms with Crippen LogP contribution in [0.1, 0.15) is 6.42 Å². The molecule has 90 valence electrons. The van der Waals surface area contributed by atoms with Gasteiger partial charge >= 0.3 is 71.1 Å². The van der Waals surface area contributed by atoms with E-state index >= 15 is 0 Å². The number of hydrogen-bond acceptors (Lipinski definition) is 5. The van der Waals surface area contributed by atoms with Crippen LogP contribution in [0, 0.1) is 0 Å². The van der Waals surface area contributed by atoms with E-state index in [1.165, 1.54) is 6.08 Å². The fourth-order valence-corrected chi connectivity index (χ4v) is 0.822. The van der Waals surface area contributed by atoms with E-state index in [-0.39, 0.29) is 65.7 Å². The second-order valence-corrected chi connectivity index (χ2v) is 2.84. The van der Waals surface area contributed by atoms with Gasteiger partial charge in [0.1, 0.15) is 6.10 Å². The van der Waals surface area contributed by atoms with E-state index in [2.05, 4.69) is 6.58 Å². The molecule has 17 heavy (non-hydrogen) atoms. The molecule has 2 atom stereocenters. The Morgan fingerprint density at radius 3 is 2.18 bits per heavy atom. The summed E-state index contributed by atoms with van der Waals surface area (Å²) in [6.45, 7) is 3.19. The maximum atomic E-state index is 10.5. The molecule has 0 aliphatic carbocycles. The van der Waals surface area contributed by atoms with Gasteiger partial charge in [-0.1, -0.05) is 6.08 Å². The van der Waals surface area contributed by atoms with Crippen molar-refractivity contribution in [1.82, 2.24) is 0 Å². The SMILES string of the molecule is C=CCOC(CC(=O)O)[C@@](N)(O)C(=O)O.[NaH].[NaH]. The molecule has 5 N–H and O–H groups in total. The molecule has 0 aromatic heterocycles. The van der Waals surface area contributed by atoms with Gasteiger partial charge in [0.15, 0.2) is 0 Å². The number of carbonyl (C=O) groups is 2. The number of aliphatic hydroxyl groups is 1. The summed E-state index contributed by atoms with van der Waals surface area (Å²) in [6, 6.07) is 0. The Labute approximate surface area is 143 Å². The number of carboxylic acids is 2. The van der Waals surface area contributed by atoms with Gasteiger partial charge in [-0.3, -0.25) is 10.5 Å². The van der Waals surface area contributed by atoms with Crippen molar-refractivity contribution in [3.63, 3.8) is 0 Å². The fraction of sp³-hybridized carbons (Fsp3) is 0.500. The monoisotopic (exact) mass is 267 g/mol. The van der Waals surface area contributed by atoms with Gasteiger partial charge in [-0.15, -0.1) is 6.58 Å². The third-order valence-corrected chi connectivity index (χ3v) is 1.61. The molecule has 7 nitrogen and oxygen atoms in total. The van der Waals surface area contributed by atoms with Crippen LogP contribution in [-0.4, -0.2) is 105 Å². The summed E-state index contributed by atoms with van der Waals surface area (Å²) in [6.07, 6.45) is -0.967. The van der Waals surface area contributed by atoms with Crippen molar-refractivity contribution in [3.05, 3.63) is 12.7 Å². The molecular weight excluding hydrogens is 252 g/mol. The number of hydrogen-bond donors (Lipinski definition) is 4. The summed E-state index contributed by atoms with van der Waals surface area (Å²) in [5.74, 6) is -3.08. The van der Waals surface area contributed by atoms with Crippen molar-refractivity contribution in [3.8, 4) is 0 Å². The molecule has 0 aromatic carbocycles. The third kappa shape index (κ3) is 8.30. The summed E-state index contributed by atoms with van der Waals surface area (Å²) in [4.78, 5) is 20.9. The van der Waals surface area contributed by atoms with Crippen LogP contribution in [0.2, 0.25) is 0 Å². The van der Waals surface area contributed by atoms with Crippen LogP contribution in [0.4, 0.5) is 0 Å². The first-order valence-electron chi connectivity index (χ1n) is 4.01. The number of rotatable bonds is 7. The number of ether oxygens (including phenoxy) is 1. The Morgan fingerprint density at radius 2 is 1.88 bits per heavy atom. The minimum absolute atomic E-state index is 0. The van der Waals surface area contributed by atoms with E-state index in [1.54, 1.807) is 0 Å². The zero-order valence-corrected chi connectivity index (χ0v) is 7.92. The van der Waals surface area contributed by atoms with Crippen molar-refractivity contribution in [2.45, 2.75) is 18.2 Å². The third-order valence-electron chi connectivity index (χ3n) is 1.61. The molecule has 0 saturated heterocycles. The van der Waals surface area contributed by atoms with Gasteiger partial charge in [0.25, 0.3) is 0 Å². The maximum absolute atomic E-state index is 10.5. The standard InChI is InChI=1S/C8H13NO6.2Na.2H/c1-2-3-15-5(4-6(10)11)8(9,14)7(12)13;;;;/h2,5,14H,1,3-4,9H2,(H,10,11)(H,12,13);;;;/t5?,8-;;;;/m1..../s1. The number of nitrogens with two attached hydrogens (primary N) is 1. The molecule has 0 radical (unpaired) electrons. The van der Waals surface area contributed by atoms with E-state index in [9.17, 15) is 14.7 Å². The Bertz CT molecular complexity index is 271. The molecule has 0 aromatic rings. The summed E-state index contributed by atoms with van der Waals surface area (Å²) in [7, 11) is 0. The molecule has 0 aliphatic heterocycles. The molecule has 1 unspecified atom stereocenters. The van der Waals surface area contributed by atoms with Crippen molar-refractivity contribution in [1.29, 1.82) is 0 Å². The van der Waals surface area contributed by atoms with Crippen molar-refractivity contribution >= 4 is 71.1 Å². The van der Waals surface area contributed by atoms with Crippen molar-refractivity contribution in [2.24, 2.45) is 5.73 Å². The zero-order chi connectivity index (χ0) is 12.1.